The Balaban J connectivity index is 1.70. The second kappa shape index (κ2) is 5.13. The van der Waals surface area contributed by atoms with Gasteiger partial charge in [-0.1, -0.05) is 44.2 Å². The largest absolute Gasteiger partial charge is 0.342 e. The van der Waals surface area contributed by atoms with E-state index in [1.165, 1.54) is 5.56 Å². The first kappa shape index (κ1) is 14.6. The Morgan fingerprint density at radius 2 is 1.95 bits per heavy atom. The van der Waals surface area contributed by atoms with E-state index >= 15 is 0 Å². The van der Waals surface area contributed by atoms with Gasteiger partial charge < -0.3 is 10.6 Å². The second-order valence-corrected chi connectivity index (χ2v) is 7.55. The van der Waals surface area contributed by atoms with Gasteiger partial charge in [0.2, 0.25) is 5.91 Å². The number of carbonyl (C=O) groups excluding carboxylic acids is 1. The van der Waals surface area contributed by atoms with E-state index in [1.807, 2.05) is 6.07 Å². The van der Waals surface area contributed by atoms with Gasteiger partial charge in [-0.25, -0.2) is 0 Å². The summed E-state index contributed by atoms with van der Waals surface area (Å²) in [7, 11) is 0. The number of hydrogen-bond acceptors (Lipinski definition) is 2. The quantitative estimate of drug-likeness (QED) is 0.928. The molecule has 1 heterocycles. The molecule has 1 unspecified atom stereocenters. The summed E-state index contributed by atoms with van der Waals surface area (Å²) in [5.74, 6) is 0.353. The van der Waals surface area contributed by atoms with Crippen LogP contribution in [0, 0.1) is 10.8 Å². The Labute approximate surface area is 127 Å². The lowest BCUT2D eigenvalue weighted by molar-refractivity contribution is -0.140. The number of carbonyl (C=O) groups is 1. The molecule has 1 amide bonds. The molecule has 2 fully saturated rings. The van der Waals surface area contributed by atoms with Crippen molar-refractivity contribution in [1.82, 2.24) is 4.90 Å². The van der Waals surface area contributed by atoms with Gasteiger partial charge in [-0.05, 0) is 36.7 Å². The third kappa shape index (κ3) is 2.84. The molecule has 114 valence electrons. The van der Waals surface area contributed by atoms with Crippen LogP contribution in [0.15, 0.2) is 30.3 Å². The predicted molar refractivity (Wildman–Crippen MR) is 84.8 cm³/mol. The van der Waals surface area contributed by atoms with Crippen molar-refractivity contribution in [2.75, 3.05) is 13.1 Å². The van der Waals surface area contributed by atoms with Gasteiger partial charge >= 0.3 is 0 Å². The monoisotopic (exact) mass is 286 g/mol. The molecule has 0 radical (unpaired) electrons. The van der Waals surface area contributed by atoms with E-state index in [0.29, 0.717) is 5.91 Å². The lowest BCUT2D eigenvalue weighted by Crippen LogP contribution is -2.55. The topological polar surface area (TPSA) is 46.3 Å². The van der Waals surface area contributed by atoms with Crippen molar-refractivity contribution in [1.29, 1.82) is 0 Å². The number of hydrogen-bond donors (Lipinski definition) is 1. The molecule has 0 spiro atoms. The first-order chi connectivity index (χ1) is 9.93. The van der Waals surface area contributed by atoms with Crippen molar-refractivity contribution in [2.24, 2.45) is 16.6 Å². The number of amides is 1. The highest BCUT2D eigenvalue weighted by atomic mass is 16.2. The van der Waals surface area contributed by atoms with Gasteiger partial charge in [0.1, 0.15) is 0 Å². The number of nitrogens with two attached hydrogens (primary N) is 1. The van der Waals surface area contributed by atoms with Gasteiger partial charge in [-0.2, -0.15) is 0 Å². The summed E-state index contributed by atoms with van der Waals surface area (Å²) >= 11 is 0. The van der Waals surface area contributed by atoms with Gasteiger partial charge in [-0.15, -0.1) is 0 Å². The fraction of sp³-hybridized carbons (Fsp3) is 0.611. The van der Waals surface area contributed by atoms with Gasteiger partial charge in [-0.3, -0.25) is 4.79 Å². The van der Waals surface area contributed by atoms with Crippen molar-refractivity contribution in [2.45, 2.75) is 45.6 Å². The molecule has 2 N–H and O–H groups in total. The Morgan fingerprint density at radius 1 is 1.29 bits per heavy atom. The molecule has 1 aliphatic heterocycles. The van der Waals surface area contributed by atoms with Crippen LogP contribution in [0.4, 0.5) is 0 Å². The first-order valence-electron chi connectivity index (χ1n) is 8.02. The number of likely N-dealkylation sites (tertiary alicyclic amines) is 1. The maximum Gasteiger partial charge on any atom is 0.229 e. The van der Waals surface area contributed by atoms with E-state index in [1.54, 1.807) is 0 Å². The van der Waals surface area contributed by atoms with Crippen LogP contribution in [0.2, 0.25) is 0 Å². The second-order valence-electron chi connectivity index (χ2n) is 7.55. The van der Waals surface area contributed by atoms with Crippen molar-refractivity contribution in [3.63, 3.8) is 0 Å². The van der Waals surface area contributed by atoms with E-state index in [4.69, 9.17) is 5.73 Å². The maximum atomic E-state index is 13.0. The molecular weight excluding hydrogens is 260 g/mol. The summed E-state index contributed by atoms with van der Waals surface area (Å²) < 4.78 is 0. The lowest BCUT2D eigenvalue weighted by atomic mass is 9.79. The minimum absolute atomic E-state index is 0.0245. The molecule has 1 aliphatic carbocycles. The van der Waals surface area contributed by atoms with E-state index in [2.05, 4.69) is 43.0 Å². The third-order valence-corrected chi connectivity index (χ3v) is 5.29. The predicted octanol–water partition coefficient (Wildman–Crippen LogP) is 2.60. The van der Waals surface area contributed by atoms with Gasteiger partial charge in [0.05, 0.1) is 5.41 Å². The number of piperidine rings is 1. The normalized spacial score (nSPS) is 26.4. The summed E-state index contributed by atoms with van der Waals surface area (Å²) in [4.78, 5) is 15.0. The fourth-order valence-electron chi connectivity index (χ4n) is 3.49. The number of nitrogens with zero attached hydrogens (tertiary/aromatic N) is 1. The summed E-state index contributed by atoms with van der Waals surface area (Å²) in [6.45, 7) is 5.96. The lowest BCUT2D eigenvalue weighted by Gasteiger charge is -2.43. The minimum Gasteiger partial charge on any atom is -0.342 e. The highest BCUT2D eigenvalue weighted by molar-refractivity contribution is 5.86. The van der Waals surface area contributed by atoms with Crippen LogP contribution in [0.25, 0.3) is 0 Å². The zero-order valence-corrected chi connectivity index (χ0v) is 13.1. The van der Waals surface area contributed by atoms with Crippen LogP contribution in [-0.4, -0.2) is 29.9 Å². The molecule has 3 rings (SSSR count). The summed E-state index contributed by atoms with van der Waals surface area (Å²) in [5, 5.41) is 0. The van der Waals surface area contributed by atoms with Crippen LogP contribution in [0.1, 0.15) is 38.7 Å². The van der Waals surface area contributed by atoms with Crippen LogP contribution in [-0.2, 0) is 11.2 Å². The highest BCUT2D eigenvalue weighted by Crippen LogP contribution is 2.50. The molecule has 3 heteroatoms. The van der Waals surface area contributed by atoms with Crippen molar-refractivity contribution >= 4 is 5.91 Å². The summed E-state index contributed by atoms with van der Waals surface area (Å²) in [6, 6.07) is 10.6. The third-order valence-electron chi connectivity index (χ3n) is 5.29. The molecule has 0 bridgehead atoms. The number of rotatable bonds is 3. The fourth-order valence-corrected chi connectivity index (χ4v) is 3.49. The molecule has 1 aromatic rings. The van der Waals surface area contributed by atoms with Crippen molar-refractivity contribution < 1.29 is 4.79 Å². The van der Waals surface area contributed by atoms with Gasteiger partial charge in [0.15, 0.2) is 0 Å². The molecule has 2 aliphatic rings. The molecule has 21 heavy (non-hydrogen) atoms. The zero-order chi connectivity index (χ0) is 15.1. The van der Waals surface area contributed by atoms with Crippen LogP contribution in [0.5, 0.6) is 0 Å². The Bertz CT molecular complexity index is 519. The SMILES string of the molecule is CC1(C)CN(C(=O)C2(Cc3ccccc3)CC2)CCC1N. The first-order valence-corrected chi connectivity index (χ1v) is 8.02. The summed E-state index contributed by atoms with van der Waals surface area (Å²) in [6.07, 6.45) is 3.86. The standard InChI is InChI=1S/C18H26N2O/c1-17(2)13-20(11-8-15(17)19)16(21)18(9-10-18)12-14-6-4-3-5-7-14/h3-7,15H,8-13,19H2,1-2H3. The smallest absolute Gasteiger partial charge is 0.229 e. The molecule has 3 nitrogen and oxygen atoms in total. The van der Waals surface area contributed by atoms with E-state index in [0.717, 1.165) is 38.8 Å². The molecule has 1 atom stereocenters. The van der Waals surface area contributed by atoms with E-state index in [9.17, 15) is 4.79 Å². The van der Waals surface area contributed by atoms with Crippen LogP contribution in [0.3, 0.4) is 0 Å². The Hall–Kier alpha value is -1.35. The molecule has 1 aromatic carbocycles. The van der Waals surface area contributed by atoms with Gasteiger partial charge in [0, 0.05) is 19.1 Å². The molecule has 0 aromatic heterocycles. The summed E-state index contributed by atoms with van der Waals surface area (Å²) in [5.41, 5.74) is 7.36. The Kier molecular flexibility index (Phi) is 3.56. The van der Waals surface area contributed by atoms with Crippen molar-refractivity contribution in [3.05, 3.63) is 35.9 Å². The van der Waals surface area contributed by atoms with E-state index in [-0.39, 0.29) is 16.9 Å². The van der Waals surface area contributed by atoms with Crippen molar-refractivity contribution in [3.8, 4) is 0 Å². The van der Waals surface area contributed by atoms with Crippen LogP contribution < -0.4 is 5.73 Å². The molecule has 1 saturated heterocycles. The van der Waals surface area contributed by atoms with Crippen LogP contribution >= 0.6 is 0 Å². The van der Waals surface area contributed by atoms with Gasteiger partial charge in [0.25, 0.3) is 0 Å². The average molecular weight is 286 g/mol. The zero-order valence-electron chi connectivity index (χ0n) is 13.1. The number of benzene rings is 1. The highest BCUT2D eigenvalue weighted by Gasteiger charge is 2.52. The Morgan fingerprint density at radius 3 is 2.52 bits per heavy atom. The minimum atomic E-state index is -0.126. The average Bonchev–Trinajstić information content (AvgIpc) is 3.23. The van der Waals surface area contributed by atoms with E-state index < -0.39 is 0 Å². The molecular formula is C18H26N2O. The molecule has 1 saturated carbocycles. The maximum absolute atomic E-state index is 13.0.